The van der Waals surface area contributed by atoms with Crippen LogP contribution in [0.1, 0.15) is 32.0 Å². The van der Waals surface area contributed by atoms with Gasteiger partial charge in [0.25, 0.3) is 0 Å². The highest BCUT2D eigenvalue weighted by atomic mass is 79.9. The van der Waals surface area contributed by atoms with E-state index < -0.39 is 11.0 Å². The maximum atomic E-state index is 11.7. The van der Waals surface area contributed by atoms with E-state index in [2.05, 4.69) is 25.3 Å². The van der Waals surface area contributed by atoms with Gasteiger partial charge in [-0.05, 0) is 55.8 Å². The van der Waals surface area contributed by atoms with E-state index in [9.17, 15) is 4.21 Å². The van der Waals surface area contributed by atoms with Gasteiger partial charge in [0, 0.05) is 17.5 Å². The molecule has 0 bridgehead atoms. The molecule has 0 aliphatic carbocycles. The SMILES string of the molecule is Cc1ccc(C=N[S@](=O)C(C)(C)C)c(Br)n1. The molecule has 0 spiro atoms. The van der Waals surface area contributed by atoms with E-state index in [1.54, 1.807) is 6.21 Å². The summed E-state index contributed by atoms with van der Waals surface area (Å²) in [5.74, 6) is 0. The highest BCUT2D eigenvalue weighted by molar-refractivity contribution is 9.10. The maximum absolute atomic E-state index is 11.7. The summed E-state index contributed by atoms with van der Waals surface area (Å²) < 4.78 is 16.1. The van der Waals surface area contributed by atoms with Crippen LogP contribution in [-0.4, -0.2) is 20.2 Å². The second kappa shape index (κ2) is 5.19. The molecule has 0 aromatic carbocycles. The number of pyridine rings is 1. The Bertz CT molecular complexity index is 438. The van der Waals surface area contributed by atoms with Crippen LogP contribution >= 0.6 is 15.9 Å². The summed E-state index contributed by atoms with van der Waals surface area (Å²) >= 11 is 3.35. The fourth-order valence-electron chi connectivity index (χ4n) is 0.895. The average Bonchev–Trinajstić information content (AvgIpc) is 2.14. The molecule has 0 aliphatic heterocycles. The summed E-state index contributed by atoms with van der Waals surface area (Å²) in [5, 5.41) is 0. The Balaban J connectivity index is 2.89. The lowest BCUT2D eigenvalue weighted by Crippen LogP contribution is -2.19. The molecule has 0 aliphatic rings. The standard InChI is InChI=1S/C11H15BrN2OS/c1-8-5-6-9(10(12)14-8)7-13-16(15)11(2,3)4/h5-7H,1-4H3/t16-/m1/s1. The zero-order valence-corrected chi connectivity index (χ0v) is 12.2. The highest BCUT2D eigenvalue weighted by Gasteiger charge is 2.18. The largest absolute Gasteiger partial charge is 0.246 e. The number of rotatable bonds is 2. The normalized spacial score (nSPS) is 14.3. The minimum absolute atomic E-state index is 0.332. The molecule has 0 radical (unpaired) electrons. The van der Waals surface area contributed by atoms with E-state index in [1.807, 2.05) is 39.8 Å². The van der Waals surface area contributed by atoms with Gasteiger partial charge in [-0.3, -0.25) is 0 Å². The molecule has 0 amide bonds. The molecule has 0 saturated carbocycles. The van der Waals surface area contributed by atoms with Crippen molar-refractivity contribution in [2.45, 2.75) is 32.4 Å². The zero-order valence-electron chi connectivity index (χ0n) is 9.82. The molecule has 0 saturated heterocycles. The van der Waals surface area contributed by atoms with Gasteiger partial charge >= 0.3 is 0 Å². The molecular weight excluding hydrogens is 288 g/mol. The Kier molecular flexibility index (Phi) is 4.38. The Morgan fingerprint density at radius 1 is 1.44 bits per heavy atom. The van der Waals surface area contributed by atoms with Gasteiger partial charge in [0.2, 0.25) is 0 Å². The molecule has 1 heterocycles. The van der Waals surface area contributed by atoms with E-state index in [1.165, 1.54) is 0 Å². The first-order chi connectivity index (χ1) is 7.30. The van der Waals surface area contributed by atoms with Crippen LogP contribution in [0.2, 0.25) is 0 Å². The molecular formula is C11H15BrN2OS. The van der Waals surface area contributed by atoms with Crippen molar-refractivity contribution in [2.24, 2.45) is 4.40 Å². The van der Waals surface area contributed by atoms with E-state index in [0.717, 1.165) is 15.9 Å². The van der Waals surface area contributed by atoms with Gasteiger partial charge in [0.1, 0.15) is 15.6 Å². The summed E-state index contributed by atoms with van der Waals surface area (Å²) in [5.41, 5.74) is 1.77. The predicted octanol–water partition coefficient (Wildman–Crippen LogP) is 3.03. The van der Waals surface area contributed by atoms with Crippen LogP contribution in [0.3, 0.4) is 0 Å². The molecule has 5 heteroatoms. The number of hydrogen-bond acceptors (Lipinski definition) is 2. The van der Waals surface area contributed by atoms with E-state index in [-0.39, 0.29) is 4.75 Å². The van der Waals surface area contributed by atoms with Gasteiger partial charge in [0.05, 0.1) is 4.75 Å². The van der Waals surface area contributed by atoms with Crippen LogP contribution in [-0.2, 0) is 11.0 Å². The lowest BCUT2D eigenvalue weighted by atomic mass is 10.3. The zero-order chi connectivity index (χ0) is 12.3. The molecule has 0 fully saturated rings. The lowest BCUT2D eigenvalue weighted by molar-refractivity contribution is 0.651. The Hall–Kier alpha value is -0.550. The van der Waals surface area contributed by atoms with Crippen molar-refractivity contribution in [1.82, 2.24) is 4.98 Å². The van der Waals surface area contributed by atoms with Crippen molar-refractivity contribution in [3.05, 3.63) is 28.0 Å². The van der Waals surface area contributed by atoms with Crippen LogP contribution < -0.4 is 0 Å². The first-order valence-electron chi connectivity index (χ1n) is 4.90. The van der Waals surface area contributed by atoms with Gasteiger partial charge in [-0.2, -0.15) is 4.40 Å². The molecule has 1 rings (SSSR count). The van der Waals surface area contributed by atoms with Crippen LogP contribution in [0.15, 0.2) is 21.1 Å². The Morgan fingerprint density at radius 3 is 2.56 bits per heavy atom. The number of aromatic nitrogens is 1. The Morgan fingerprint density at radius 2 is 2.06 bits per heavy atom. The predicted molar refractivity (Wildman–Crippen MR) is 72.2 cm³/mol. The average molecular weight is 303 g/mol. The van der Waals surface area contributed by atoms with Crippen molar-refractivity contribution in [3.63, 3.8) is 0 Å². The molecule has 16 heavy (non-hydrogen) atoms. The first kappa shape index (κ1) is 13.5. The van der Waals surface area contributed by atoms with Crippen molar-refractivity contribution < 1.29 is 4.21 Å². The van der Waals surface area contributed by atoms with Crippen molar-refractivity contribution >= 4 is 33.1 Å². The molecule has 88 valence electrons. The lowest BCUT2D eigenvalue weighted by Gasteiger charge is -2.12. The topological polar surface area (TPSA) is 42.3 Å². The van der Waals surface area contributed by atoms with Gasteiger partial charge in [-0.15, -0.1) is 0 Å². The van der Waals surface area contributed by atoms with E-state index in [0.29, 0.717) is 0 Å². The molecule has 1 aromatic rings. The van der Waals surface area contributed by atoms with Crippen LogP contribution in [0.25, 0.3) is 0 Å². The van der Waals surface area contributed by atoms with Gasteiger partial charge in [-0.1, -0.05) is 0 Å². The third kappa shape index (κ3) is 3.79. The molecule has 3 nitrogen and oxygen atoms in total. The fraction of sp³-hybridized carbons (Fsp3) is 0.455. The van der Waals surface area contributed by atoms with Crippen molar-refractivity contribution in [1.29, 1.82) is 0 Å². The third-order valence-corrected chi connectivity index (χ3v) is 3.81. The number of halogens is 1. The monoisotopic (exact) mass is 302 g/mol. The molecule has 1 aromatic heterocycles. The third-order valence-electron chi connectivity index (χ3n) is 1.83. The van der Waals surface area contributed by atoms with E-state index in [4.69, 9.17) is 0 Å². The summed E-state index contributed by atoms with van der Waals surface area (Å²) in [6.07, 6.45) is 1.60. The van der Waals surface area contributed by atoms with Gasteiger partial charge in [0.15, 0.2) is 0 Å². The number of aryl methyl sites for hydroxylation is 1. The Labute approximate surface area is 107 Å². The van der Waals surface area contributed by atoms with Crippen molar-refractivity contribution in [2.75, 3.05) is 0 Å². The summed E-state index contributed by atoms with van der Waals surface area (Å²) in [6.45, 7) is 7.59. The van der Waals surface area contributed by atoms with Gasteiger partial charge < -0.3 is 0 Å². The quantitative estimate of drug-likeness (QED) is 0.622. The molecule has 1 atom stereocenters. The maximum Gasteiger partial charge on any atom is 0.144 e. The van der Waals surface area contributed by atoms with E-state index >= 15 is 0 Å². The second-order valence-electron chi connectivity index (χ2n) is 4.43. The minimum atomic E-state index is -1.23. The van der Waals surface area contributed by atoms with Gasteiger partial charge in [-0.25, -0.2) is 9.19 Å². The molecule has 0 N–H and O–H groups in total. The van der Waals surface area contributed by atoms with Crippen LogP contribution in [0.4, 0.5) is 0 Å². The smallest absolute Gasteiger partial charge is 0.144 e. The second-order valence-corrected chi connectivity index (χ2v) is 7.11. The highest BCUT2D eigenvalue weighted by Crippen LogP contribution is 2.15. The number of hydrogen-bond donors (Lipinski definition) is 0. The summed E-state index contributed by atoms with van der Waals surface area (Å²) in [6, 6.07) is 3.79. The van der Waals surface area contributed by atoms with Crippen molar-refractivity contribution in [3.8, 4) is 0 Å². The summed E-state index contributed by atoms with van der Waals surface area (Å²) in [4.78, 5) is 4.24. The fourth-order valence-corrected chi connectivity index (χ4v) is 1.93. The minimum Gasteiger partial charge on any atom is -0.246 e. The van der Waals surface area contributed by atoms with Crippen LogP contribution in [0, 0.1) is 6.92 Å². The first-order valence-corrected chi connectivity index (χ1v) is 6.80. The summed E-state index contributed by atoms with van der Waals surface area (Å²) in [7, 11) is -1.23. The number of nitrogens with zero attached hydrogens (tertiary/aromatic N) is 2. The molecule has 0 unspecified atom stereocenters. The van der Waals surface area contributed by atoms with Crippen LogP contribution in [0.5, 0.6) is 0 Å².